The molecule has 3 rings (SSSR count). The maximum Gasteiger partial charge on any atom is 0.331 e. The lowest BCUT2D eigenvalue weighted by Gasteiger charge is -2.36. The maximum atomic E-state index is 12.2. The Morgan fingerprint density at radius 2 is 1.74 bits per heavy atom. The summed E-state index contributed by atoms with van der Waals surface area (Å²) in [7, 11) is 0. The first kappa shape index (κ1) is 11.8. The zero-order valence-electron chi connectivity index (χ0n) is 9.89. The number of urea groups is 1. The van der Waals surface area contributed by atoms with Gasteiger partial charge in [0.2, 0.25) is 23.6 Å². The molecule has 2 heterocycles. The van der Waals surface area contributed by atoms with E-state index in [2.05, 4.69) is 10.6 Å². The molecule has 1 aliphatic carbocycles. The number of imide groups is 3. The van der Waals surface area contributed by atoms with Crippen LogP contribution >= 0.6 is 0 Å². The predicted octanol–water partition coefficient (Wildman–Crippen LogP) is -1.35. The Morgan fingerprint density at radius 1 is 1.05 bits per heavy atom. The van der Waals surface area contributed by atoms with Crippen LogP contribution in [0.15, 0.2) is 0 Å². The van der Waals surface area contributed by atoms with Crippen LogP contribution in [0.4, 0.5) is 4.79 Å². The summed E-state index contributed by atoms with van der Waals surface area (Å²) in [5, 5.41) is 4.19. The molecule has 0 bridgehead atoms. The lowest BCUT2D eigenvalue weighted by molar-refractivity contribution is -0.151. The summed E-state index contributed by atoms with van der Waals surface area (Å²) in [6.45, 7) is 0. The fraction of sp³-hybridized carbons (Fsp3) is 0.545. The summed E-state index contributed by atoms with van der Waals surface area (Å²) in [6.07, 6.45) is 0.923. The highest BCUT2D eigenvalue weighted by molar-refractivity contribution is 6.22. The van der Waals surface area contributed by atoms with Crippen molar-refractivity contribution < 1.29 is 24.0 Å². The zero-order valence-corrected chi connectivity index (χ0v) is 9.89. The SMILES string of the molecule is O=C1CCC(N2C(=O)NC(=O)C3(CC3)C2=O)C(=O)N1. The van der Waals surface area contributed by atoms with E-state index in [-0.39, 0.29) is 12.8 Å². The van der Waals surface area contributed by atoms with E-state index in [1.165, 1.54) is 0 Å². The van der Waals surface area contributed by atoms with Crippen molar-refractivity contribution in [1.82, 2.24) is 15.5 Å². The number of piperidine rings is 1. The van der Waals surface area contributed by atoms with Crippen molar-refractivity contribution in [3.63, 3.8) is 0 Å². The topological polar surface area (TPSA) is 113 Å². The standard InChI is InChI=1S/C11H11N3O5/c15-6-2-1-5(7(16)12-6)14-9(18)11(3-4-11)8(17)13-10(14)19/h5H,1-4H2,(H,12,15,16)(H,13,17,19). The van der Waals surface area contributed by atoms with Gasteiger partial charge < -0.3 is 0 Å². The third-order valence-corrected chi connectivity index (χ3v) is 3.77. The van der Waals surface area contributed by atoms with Crippen LogP contribution in [0.2, 0.25) is 0 Å². The number of amides is 6. The van der Waals surface area contributed by atoms with Gasteiger partial charge in [0.05, 0.1) is 0 Å². The molecular formula is C11H11N3O5. The Bertz CT molecular complexity index is 536. The van der Waals surface area contributed by atoms with E-state index >= 15 is 0 Å². The number of hydrogen-bond acceptors (Lipinski definition) is 5. The van der Waals surface area contributed by atoms with E-state index in [4.69, 9.17) is 0 Å². The van der Waals surface area contributed by atoms with Gasteiger partial charge in [-0.15, -0.1) is 0 Å². The molecule has 2 saturated heterocycles. The summed E-state index contributed by atoms with van der Waals surface area (Å²) < 4.78 is 0. The van der Waals surface area contributed by atoms with Crippen molar-refractivity contribution in [2.75, 3.05) is 0 Å². The third-order valence-electron chi connectivity index (χ3n) is 3.77. The second-order valence-corrected chi connectivity index (χ2v) is 4.98. The van der Waals surface area contributed by atoms with Gasteiger partial charge in [0, 0.05) is 6.42 Å². The van der Waals surface area contributed by atoms with Crippen LogP contribution in [-0.4, -0.2) is 40.6 Å². The van der Waals surface area contributed by atoms with Crippen molar-refractivity contribution >= 4 is 29.7 Å². The Balaban J connectivity index is 1.89. The summed E-state index contributed by atoms with van der Waals surface area (Å²) >= 11 is 0. The van der Waals surface area contributed by atoms with Crippen LogP contribution in [0.25, 0.3) is 0 Å². The van der Waals surface area contributed by atoms with Crippen LogP contribution in [0.3, 0.4) is 0 Å². The Morgan fingerprint density at radius 3 is 2.32 bits per heavy atom. The first-order chi connectivity index (χ1) is 8.95. The molecule has 3 fully saturated rings. The largest absolute Gasteiger partial charge is 0.331 e. The van der Waals surface area contributed by atoms with Crippen molar-refractivity contribution in [1.29, 1.82) is 0 Å². The molecule has 0 radical (unpaired) electrons. The Kier molecular flexibility index (Phi) is 2.25. The molecule has 2 N–H and O–H groups in total. The molecule has 0 aromatic rings. The molecule has 1 spiro atoms. The molecule has 0 aromatic carbocycles. The van der Waals surface area contributed by atoms with Gasteiger partial charge in [-0.1, -0.05) is 0 Å². The van der Waals surface area contributed by atoms with Gasteiger partial charge in [0.25, 0.3) is 0 Å². The number of rotatable bonds is 1. The third kappa shape index (κ3) is 1.56. The molecule has 2 aliphatic heterocycles. The van der Waals surface area contributed by atoms with E-state index in [0.29, 0.717) is 12.8 Å². The van der Waals surface area contributed by atoms with Crippen molar-refractivity contribution in [3.05, 3.63) is 0 Å². The van der Waals surface area contributed by atoms with E-state index in [1.807, 2.05) is 0 Å². The number of barbiturate groups is 1. The Labute approximate surface area is 107 Å². The molecule has 1 unspecified atom stereocenters. The minimum absolute atomic E-state index is 0.0639. The van der Waals surface area contributed by atoms with E-state index in [9.17, 15) is 24.0 Å². The highest BCUT2D eigenvalue weighted by atomic mass is 16.2. The van der Waals surface area contributed by atoms with Gasteiger partial charge in [0.1, 0.15) is 11.5 Å². The summed E-state index contributed by atoms with van der Waals surface area (Å²) in [5.41, 5.74) is -1.17. The smallest absolute Gasteiger partial charge is 0.295 e. The van der Waals surface area contributed by atoms with Gasteiger partial charge in [0.15, 0.2) is 0 Å². The monoisotopic (exact) mass is 265 g/mol. The predicted molar refractivity (Wildman–Crippen MR) is 58.2 cm³/mol. The molecule has 19 heavy (non-hydrogen) atoms. The molecule has 6 amide bonds. The van der Waals surface area contributed by atoms with Gasteiger partial charge in [-0.2, -0.15) is 0 Å². The number of carbonyl (C=O) groups excluding carboxylic acids is 5. The highest BCUT2D eigenvalue weighted by Crippen LogP contribution is 2.49. The number of nitrogens with zero attached hydrogens (tertiary/aromatic N) is 1. The van der Waals surface area contributed by atoms with Crippen molar-refractivity contribution in [2.45, 2.75) is 31.7 Å². The molecule has 8 nitrogen and oxygen atoms in total. The summed E-state index contributed by atoms with van der Waals surface area (Å²) in [4.78, 5) is 59.2. The van der Waals surface area contributed by atoms with Crippen LogP contribution < -0.4 is 10.6 Å². The average Bonchev–Trinajstić information content (AvgIpc) is 3.11. The lowest BCUT2D eigenvalue weighted by atomic mass is 9.97. The van der Waals surface area contributed by atoms with Gasteiger partial charge in [-0.3, -0.25) is 34.7 Å². The normalized spacial score (nSPS) is 29.4. The molecule has 100 valence electrons. The zero-order chi connectivity index (χ0) is 13.8. The second kappa shape index (κ2) is 3.62. The molecule has 1 saturated carbocycles. The molecule has 1 atom stereocenters. The highest BCUT2D eigenvalue weighted by Gasteiger charge is 2.63. The number of nitrogens with one attached hydrogen (secondary N) is 2. The van der Waals surface area contributed by atoms with Gasteiger partial charge in [-0.05, 0) is 19.3 Å². The number of carbonyl (C=O) groups is 5. The van der Waals surface area contributed by atoms with Gasteiger partial charge >= 0.3 is 6.03 Å². The number of hydrogen-bond donors (Lipinski definition) is 2. The fourth-order valence-corrected chi connectivity index (χ4v) is 2.47. The first-order valence-electron chi connectivity index (χ1n) is 5.98. The summed E-state index contributed by atoms with van der Waals surface area (Å²) in [6, 6.07) is -1.90. The van der Waals surface area contributed by atoms with Crippen LogP contribution in [0, 0.1) is 5.41 Å². The maximum absolute atomic E-state index is 12.2. The lowest BCUT2D eigenvalue weighted by Crippen LogP contribution is -2.65. The minimum atomic E-state index is -1.17. The van der Waals surface area contributed by atoms with Gasteiger partial charge in [-0.25, -0.2) is 4.79 Å². The average molecular weight is 265 g/mol. The molecular weight excluding hydrogens is 254 g/mol. The van der Waals surface area contributed by atoms with Crippen molar-refractivity contribution in [3.8, 4) is 0 Å². The Hall–Kier alpha value is -2.25. The summed E-state index contributed by atoms with van der Waals surface area (Å²) in [5.74, 6) is -2.32. The van der Waals surface area contributed by atoms with Crippen LogP contribution in [-0.2, 0) is 19.2 Å². The van der Waals surface area contributed by atoms with E-state index < -0.39 is 41.1 Å². The van der Waals surface area contributed by atoms with Crippen LogP contribution in [0.1, 0.15) is 25.7 Å². The minimum Gasteiger partial charge on any atom is -0.295 e. The van der Waals surface area contributed by atoms with E-state index in [0.717, 1.165) is 4.90 Å². The van der Waals surface area contributed by atoms with Crippen LogP contribution in [0.5, 0.6) is 0 Å². The molecule has 0 aromatic heterocycles. The fourth-order valence-electron chi connectivity index (χ4n) is 2.47. The van der Waals surface area contributed by atoms with Crippen molar-refractivity contribution in [2.24, 2.45) is 5.41 Å². The molecule has 3 aliphatic rings. The molecule has 8 heteroatoms. The second-order valence-electron chi connectivity index (χ2n) is 4.98. The van der Waals surface area contributed by atoms with E-state index in [1.54, 1.807) is 0 Å². The quantitative estimate of drug-likeness (QED) is 0.449. The first-order valence-corrected chi connectivity index (χ1v) is 5.98.